The van der Waals surface area contributed by atoms with E-state index >= 15 is 0 Å². The van der Waals surface area contributed by atoms with Crippen molar-refractivity contribution < 1.29 is 30.0 Å². The van der Waals surface area contributed by atoms with Gasteiger partial charge in [-0.2, -0.15) is 0 Å². The number of carbonyl (C=O) groups is 2. The number of unbranched alkanes of at least 4 members (excludes halogenated alkanes) is 3. The number of rotatable bonds is 11. The van der Waals surface area contributed by atoms with Crippen molar-refractivity contribution in [3.05, 3.63) is 59.7 Å². The third-order valence-electron chi connectivity index (χ3n) is 4.56. The number of phenols is 4. The molecule has 0 aliphatic carbocycles. The molecule has 0 aliphatic rings. The Balaban J connectivity index is 1.52. The van der Waals surface area contributed by atoms with Crippen molar-refractivity contribution in [1.29, 1.82) is 0 Å². The van der Waals surface area contributed by atoms with E-state index in [1.165, 1.54) is 36.4 Å². The van der Waals surface area contributed by atoms with E-state index in [0.717, 1.165) is 25.7 Å². The molecule has 6 N–H and O–H groups in total. The standard InChI is InChI=1S/C24H28N2O6/c27-19-9-5-17(15-21(19)29)7-11-23(31)25-13-3-1-2-4-14-26-24(32)12-8-18-6-10-20(28)22(30)16-18/h5-12,15-16,27-30H,1-4,13-14H2,(H,25,31)(H,26,32)/b11-7+,12-8+. The minimum atomic E-state index is -0.239. The predicted molar refractivity (Wildman–Crippen MR) is 122 cm³/mol. The van der Waals surface area contributed by atoms with Crippen LogP contribution in [0.1, 0.15) is 36.8 Å². The summed E-state index contributed by atoms with van der Waals surface area (Å²) >= 11 is 0. The largest absolute Gasteiger partial charge is 0.504 e. The fraction of sp³-hybridized carbons (Fsp3) is 0.250. The number of hydrogen-bond acceptors (Lipinski definition) is 6. The fourth-order valence-corrected chi connectivity index (χ4v) is 2.78. The summed E-state index contributed by atoms with van der Waals surface area (Å²) in [7, 11) is 0. The molecule has 2 rings (SSSR count). The van der Waals surface area contributed by atoms with Crippen molar-refractivity contribution in [2.45, 2.75) is 25.7 Å². The Labute approximate surface area is 186 Å². The minimum absolute atomic E-state index is 0.210. The van der Waals surface area contributed by atoms with Crippen molar-refractivity contribution in [3.63, 3.8) is 0 Å². The summed E-state index contributed by atoms with van der Waals surface area (Å²) in [6.45, 7) is 1.08. The van der Waals surface area contributed by atoms with Crippen LogP contribution in [0.2, 0.25) is 0 Å². The SMILES string of the molecule is O=C(/C=C/c1ccc(O)c(O)c1)NCCCCCCNC(=O)/C=C/c1ccc(O)c(O)c1. The highest BCUT2D eigenvalue weighted by molar-refractivity contribution is 5.92. The molecule has 0 atom stereocenters. The normalized spacial score (nSPS) is 11.1. The Morgan fingerprint density at radius 1 is 0.625 bits per heavy atom. The van der Waals surface area contributed by atoms with Crippen molar-refractivity contribution in [2.24, 2.45) is 0 Å². The molecule has 0 spiro atoms. The van der Waals surface area contributed by atoms with Gasteiger partial charge in [-0.1, -0.05) is 25.0 Å². The number of benzene rings is 2. The predicted octanol–water partition coefficient (Wildman–Crippen LogP) is 3.03. The van der Waals surface area contributed by atoms with Gasteiger partial charge in [-0.05, 0) is 60.4 Å². The van der Waals surface area contributed by atoms with E-state index in [1.54, 1.807) is 24.3 Å². The maximum atomic E-state index is 11.8. The lowest BCUT2D eigenvalue weighted by Gasteiger charge is -2.04. The van der Waals surface area contributed by atoms with Gasteiger partial charge in [0.25, 0.3) is 0 Å². The third kappa shape index (κ3) is 8.83. The van der Waals surface area contributed by atoms with E-state index < -0.39 is 0 Å². The van der Waals surface area contributed by atoms with Crippen LogP contribution in [0.4, 0.5) is 0 Å². The van der Waals surface area contributed by atoms with Gasteiger partial charge >= 0.3 is 0 Å². The van der Waals surface area contributed by atoms with E-state index in [1.807, 2.05) is 0 Å². The molecule has 2 aromatic rings. The number of aromatic hydroxyl groups is 4. The molecule has 0 saturated carbocycles. The first-order valence-corrected chi connectivity index (χ1v) is 10.3. The highest BCUT2D eigenvalue weighted by Crippen LogP contribution is 2.26. The fourth-order valence-electron chi connectivity index (χ4n) is 2.78. The van der Waals surface area contributed by atoms with Crippen LogP contribution in [0.3, 0.4) is 0 Å². The number of amides is 2. The van der Waals surface area contributed by atoms with Gasteiger partial charge in [-0.15, -0.1) is 0 Å². The van der Waals surface area contributed by atoms with E-state index in [-0.39, 0.29) is 34.8 Å². The second kappa shape index (κ2) is 12.7. The Hall–Kier alpha value is -3.94. The first-order chi connectivity index (χ1) is 15.3. The van der Waals surface area contributed by atoms with Crippen molar-refractivity contribution in [2.75, 3.05) is 13.1 Å². The molecule has 170 valence electrons. The smallest absolute Gasteiger partial charge is 0.243 e. The Kier molecular flexibility index (Phi) is 9.65. The lowest BCUT2D eigenvalue weighted by atomic mass is 10.1. The van der Waals surface area contributed by atoms with Gasteiger partial charge in [0.1, 0.15) is 0 Å². The van der Waals surface area contributed by atoms with E-state index in [4.69, 9.17) is 0 Å². The van der Waals surface area contributed by atoms with Crippen LogP contribution in [0.5, 0.6) is 23.0 Å². The molecule has 0 fully saturated rings. The van der Waals surface area contributed by atoms with Gasteiger partial charge in [0.15, 0.2) is 23.0 Å². The molecule has 32 heavy (non-hydrogen) atoms. The van der Waals surface area contributed by atoms with Crippen LogP contribution >= 0.6 is 0 Å². The molecule has 0 bridgehead atoms. The highest BCUT2D eigenvalue weighted by atomic mass is 16.3. The highest BCUT2D eigenvalue weighted by Gasteiger charge is 2.01. The van der Waals surface area contributed by atoms with Crippen LogP contribution in [0.15, 0.2) is 48.6 Å². The van der Waals surface area contributed by atoms with Gasteiger partial charge in [-0.25, -0.2) is 0 Å². The van der Waals surface area contributed by atoms with E-state index in [0.29, 0.717) is 24.2 Å². The molecule has 0 aromatic heterocycles. The van der Waals surface area contributed by atoms with Gasteiger partial charge < -0.3 is 31.1 Å². The number of hydrogen-bond donors (Lipinski definition) is 6. The molecule has 8 nitrogen and oxygen atoms in total. The summed E-state index contributed by atoms with van der Waals surface area (Å²) in [6, 6.07) is 8.62. The lowest BCUT2D eigenvalue weighted by molar-refractivity contribution is -0.117. The first kappa shape index (κ1) is 24.3. The van der Waals surface area contributed by atoms with Crippen LogP contribution in [0.25, 0.3) is 12.2 Å². The summed E-state index contributed by atoms with van der Waals surface area (Å²) in [5, 5.41) is 42.9. The maximum absolute atomic E-state index is 11.8. The van der Waals surface area contributed by atoms with E-state index in [9.17, 15) is 30.0 Å². The topological polar surface area (TPSA) is 139 Å². The molecule has 8 heteroatoms. The zero-order valence-corrected chi connectivity index (χ0v) is 17.6. The average Bonchev–Trinajstić information content (AvgIpc) is 2.77. The second-order valence-electron chi connectivity index (χ2n) is 7.16. The van der Waals surface area contributed by atoms with Crippen LogP contribution in [-0.2, 0) is 9.59 Å². The third-order valence-corrected chi connectivity index (χ3v) is 4.56. The molecule has 0 heterocycles. The summed E-state index contributed by atoms with van der Waals surface area (Å²) < 4.78 is 0. The van der Waals surface area contributed by atoms with Gasteiger partial charge in [0, 0.05) is 25.2 Å². The van der Waals surface area contributed by atoms with Crippen LogP contribution in [-0.4, -0.2) is 45.3 Å². The molecule has 0 radical (unpaired) electrons. The summed E-state index contributed by atoms with van der Waals surface area (Å²) in [6.07, 6.45) is 9.30. The minimum Gasteiger partial charge on any atom is -0.504 e. The average molecular weight is 440 g/mol. The first-order valence-electron chi connectivity index (χ1n) is 10.3. The number of phenolic OH excluding ortho intramolecular Hbond substituents is 4. The summed E-state index contributed by atoms with van der Waals surface area (Å²) in [4.78, 5) is 23.6. The number of carbonyl (C=O) groups excluding carboxylic acids is 2. The zero-order chi connectivity index (χ0) is 23.3. The molecule has 0 saturated heterocycles. The number of nitrogens with one attached hydrogen (secondary N) is 2. The summed E-state index contributed by atoms with van der Waals surface area (Å²) in [5.74, 6) is -1.37. The summed E-state index contributed by atoms with van der Waals surface area (Å²) in [5.41, 5.74) is 1.21. The zero-order valence-electron chi connectivity index (χ0n) is 17.6. The molecule has 0 unspecified atom stereocenters. The molecular weight excluding hydrogens is 412 g/mol. The van der Waals surface area contributed by atoms with Gasteiger partial charge in [0.2, 0.25) is 11.8 Å². The Bertz CT molecular complexity index is 905. The molecular formula is C24H28N2O6. The maximum Gasteiger partial charge on any atom is 0.243 e. The lowest BCUT2D eigenvalue weighted by Crippen LogP contribution is -2.23. The Morgan fingerprint density at radius 3 is 1.41 bits per heavy atom. The molecule has 0 aliphatic heterocycles. The van der Waals surface area contributed by atoms with E-state index in [2.05, 4.69) is 10.6 Å². The quantitative estimate of drug-likeness (QED) is 0.180. The van der Waals surface area contributed by atoms with Crippen molar-refractivity contribution in [1.82, 2.24) is 10.6 Å². The van der Waals surface area contributed by atoms with Gasteiger partial charge in [0.05, 0.1) is 0 Å². The second-order valence-corrected chi connectivity index (χ2v) is 7.16. The Morgan fingerprint density at radius 2 is 1.03 bits per heavy atom. The molecule has 2 aromatic carbocycles. The monoisotopic (exact) mass is 440 g/mol. The van der Waals surface area contributed by atoms with Crippen LogP contribution in [0, 0.1) is 0 Å². The van der Waals surface area contributed by atoms with Crippen molar-refractivity contribution in [3.8, 4) is 23.0 Å². The van der Waals surface area contributed by atoms with Crippen LogP contribution < -0.4 is 10.6 Å². The van der Waals surface area contributed by atoms with Gasteiger partial charge in [-0.3, -0.25) is 9.59 Å². The molecule has 2 amide bonds. The van der Waals surface area contributed by atoms with Crippen molar-refractivity contribution >= 4 is 24.0 Å².